The maximum atomic E-state index is 13.0. The Hall–Kier alpha value is -2.42. The van der Waals surface area contributed by atoms with Gasteiger partial charge in [0.05, 0.1) is 11.2 Å². The number of benzene rings is 2. The molecule has 0 bridgehead atoms. The Morgan fingerprint density at radius 1 is 1.05 bits per heavy atom. The predicted octanol–water partition coefficient (Wildman–Crippen LogP) is 4.26. The molecule has 0 fully saturated rings. The van der Waals surface area contributed by atoms with Crippen LogP contribution in [0.5, 0.6) is 5.75 Å². The molecule has 0 saturated heterocycles. The standard InChI is InChI=1S/C17H14FNO/c1-12-10-14(18)7-9-17(12)20-11-15-8-6-13-4-2-3-5-16(13)19-15/h2-10H,11H2,1H3. The van der Waals surface area contributed by atoms with Gasteiger partial charge in [-0.05, 0) is 42.8 Å². The fraction of sp³-hybridized carbons (Fsp3) is 0.118. The molecule has 0 atom stereocenters. The Labute approximate surface area is 116 Å². The highest BCUT2D eigenvalue weighted by molar-refractivity contribution is 5.78. The molecule has 0 aliphatic carbocycles. The summed E-state index contributed by atoms with van der Waals surface area (Å²) >= 11 is 0. The molecule has 0 aliphatic heterocycles. The summed E-state index contributed by atoms with van der Waals surface area (Å²) in [5.41, 5.74) is 2.59. The van der Waals surface area contributed by atoms with E-state index in [1.54, 1.807) is 6.07 Å². The molecule has 3 rings (SSSR count). The zero-order valence-corrected chi connectivity index (χ0v) is 11.1. The Bertz CT molecular complexity index is 755. The van der Waals surface area contributed by atoms with Crippen LogP contribution in [0.25, 0.3) is 10.9 Å². The molecule has 0 unspecified atom stereocenters. The number of hydrogen-bond donors (Lipinski definition) is 0. The number of pyridine rings is 1. The molecule has 2 aromatic carbocycles. The molecule has 0 N–H and O–H groups in total. The van der Waals surface area contributed by atoms with Gasteiger partial charge >= 0.3 is 0 Å². The maximum Gasteiger partial charge on any atom is 0.130 e. The number of aryl methyl sites for hydroxylation is 1. The number of ether oxygens (including phenoxy) is 1. The number of nitrogens with zero attached hydrogens (tertiary/aromatic N) is 1. The van der Waals surface area contributed by atoms with E-state index >= 15 is 0 Å². The van der Waals surface area contributed by atoms with Crippen molar-refractivity contribution in [3.8, 4) is 5.75 Å². The first-order chi connectivity index (χ1) is 9.72. The van der Waals surface area contributed by atoms with Gasteiger partial charge in [-0.15, -0.1) is 0 Å². The number of para-hydroxylation sites is 1. The highest BCUT2D eigenvalue weighted by atomic mass is 19.1. The SMILES string of the molecule is Cc1cc(F)ccc1OCc1ccc2ccccc2n1. The van der Waals surface area contributed by atoms with Crippen LogP contribution in [0.15, 0.2) is 54.6 Å². The molecule has 3 aromatic rings. The van der Waals surface area contributed by atoms with Crippen molar-refractivity contribution in [3.63, 3.8) is 0 Å². The van der Waals surface area contributed by atoms with Gasteiger partial charge in [-0.25, -0.2) is 9.37 Å². The Morgan fingerprint density at radius 3 is 2.75 bits per heavy atom. The summed E-state index contributed by atoms with van der Waals surface area (Å²) in [5.74, 6) is 0.431. The highest BCUT2D eigenvalue weighted by Crippen LogP contribution is 2.20. The molecule has 20 heavy (non-hydrogen) atoms. The Balaban J connectivity index is 1.79. The lowest BCUT2D eigenvalue weighted by Gasteiger charge is -2.09. The van der Waals surface area contributed by atoms with Crippen LogP contribution in [0.3, 0.4) is 0 Å². The van der Waals surface area contributed by atoms with E-state index in [1.165, 1.54) is 12.1 Å². The van der Waals surface area contributed by atoms with Crippen molar-refractivity contribution in [2.75, 3.05) is 0 Å². The summed E-state index contributed by atoms with van der Waals surface area (Å²) in [4.78, 5) is 4.54. The maximum absolute atomic E-state index is 13.0. The van der Waals surface area contributed by atoms with Crippen LogP contribution in [0, 0.1) is 12.7 Å². The minimum atomic E-state index is -0.251. The zero-order valence-electron chi connectivity index (χ0n) is 11.1. The van der Waals surface area contributed by atoms with Gasteiger partial charge in [0, 0.05) is 5.39 Å². The van der Waals surface area contributed by atoms with E-state index in [1.807, 2.05) is 43.3 Å². The molecule has 0 amide bonds. The van der Waals surface area contributed by atoms with Crippen molar-refractivity contribution in [3.05, 3.63) is 71.7 Å². The molecule has 0 saturated carbocycles. The topological polar surface area (TPSA) is 22.1 Å². The predicted molar refractivity (Wildman–Crippen MR) is 77.2 cm³/mol. The second-order valence-electron chi connectivity index (χ2n) is 4.69. The summed E-state index contributed by atoms with van der Waals surface area (Å²) in [6.45, 7) is 2.20. The second kappa shape index (κ2) is 5.29. The number of rotatable bonds is 3. The van der Waals surface area contributed by atoms with E-state index in [0.29, 0.717) is 12.4 Å². The molecular weight excluding hydrogens is 253 g/mol. The summed E-state index contributed by atoms with van der Waals surface area (Å²) in [6, 6.07) is 16.4. The van der Waals surface area contributed by atoms with E-state index < -0.39 is 0 Å². The largest absolute Gasteiger partial charge is 0.487 e. The highest BCUT2D eigenvalue weighted by Gasteiger charge is 2.03. The minimum absolute atomic E-state index is 0.251. The second-order valence-corrected chi connectivity index (χ2v) is 4.69. The van der Waals surface area contributed by atoms with Gasteiger partial charge in [-0.2, -0.15) is 0 Å². The van der Waals surface area contributed by atoms with Crippen molar-refractivity contribution < 1.29 is 9.13 Å². The third kappa shape index (κ3) is 2.62. The molecule has 0 radical (unpaired) electrons. The summed E-state index contributed by atoms with van der Waals surface area (Å²) in [6.07, 6.45) is 0. The number of halogens is 1. The molecule has 0 spiro atoms. The van der Waals surface area contributed by atoms with Crippen LogP contribution >= 0.6 is 0 Å². The molecule has 3 heteroatoms. The van der Waals surface area contributed by atoms with Crippen LogP contribution in [-0.4, -0.2) is 4.98 Å². The normalized spacial score (nSPS) is 10.7. The van der Waals surface area contributed by atoms with Crippen molar-refractivity contribution >= 4 is 10.9 Å². The molecule has 2 nitrogen and oxygen atoms in total. The summed E-state index contributed by atoms with van der Waals surface area (Å²) < 4.78 is 18.7. The van der Waals surface area contributed by atoms with Crippen molar-refractivity contribution in [1.82, 2.24) is 4.98 Å². The Morgan fingerprint density at radius 2 is 1.90 bits per heavy atom. The fourth-order valence-corrected chi connectivity index (χ4v) is 2.12. The van der Waals surface area contributed by atoms with Crippen LogP contribution < -0.4 is 4.74 Å². The molecule has 100 valence electrons. The van der Waals surface area contributed by atoms with Gasteiger partial charge < -0.3 is 4.74 Å². The monoisotopic (exact) mass is 267 g/mol. The van der Waals surface area contributed by atoms with Crippen molar-refractivity contribution in [1.29, 1.82) is 0 Å². The molecule has 1 aromatic heterocycles. The number of hydrogen-bond acceptors (Lipinski definition) is 2. The first-order valence-electron chi connectivity index (χ1n) is 6.46. The Kier molecular flexibility index (Phi) is 3.33. The van der Waals surface area contributed by atoms with E-state index in [-0.39, 0.29) is 5.82 Å². The van der Waals surface area contributed by atoms with Crippen molar-refractivity contribution in [2.45, 2.75) is 13.5 Å². The van der Waals surface area contributed by atoms with Gasteiger partial charge in [-0.3, -0.25) is 0 Å². The number of fused-ring (bicyclic) bond motifs is 1. The van der Waals surface area contributed by atoms with Gasteiger partial charge in [-0.1, -0.05) is 24.3 Å². The zero-order chi connectivity index (χ0) is 13.9. The van der Waals surface area contributed by atoms with E-state index in [4.69, 9.17) is 4.74 Å². The summed E-state index contributed by atoms with van der Waals surface area (Å²) in [7, 11) is 0. The average molecular weight is 267 g/mol. The molecular formula is C17H14FNO. The van der Waals surface area contributed by atoms with Gasteiger partial charge in [0.15, 0.2) is 0 Å². The first kappa shape index (κ1) is 12.6. The number of aromatic nitrogens is 1. The molecule has 0 aliphatic rings. The van der Waals surface area contributed by atoms with Crippen LogP contribution in [-0.2, 0) is 6.61 Å². The third-order valence-corrected chi connectivity index (χ3v) is 3.17. The van der Waals surface area contributed by atoms with Crippen LogP contribution in [0.1, 0.15) is 11.3 Å². The lowest BCUT2D eigenvalue weighted by Crippen LogP contribution is -1.99. The fourth-order valence-electron chi connectivity index (χ4n) is 2.12. The van der Waals surface area contributed by atoms with Crippen molar-refractivity contribution in [2.24, 2.45) is 0 Å². The van der Waals surface area contributed by atoms with Gasteiger partial charge in [0.25, 0.3) is 0 Å². The average Bonchev–Trinajstić information content (AvgIpc) is 2.46. The van der Waals surface area contributed by atoms with Gasteiger partial charge in [0.2, 0.25) is 0 Å². The van der Waals surface area contributed by atoms with E-state index in [0.717, 1.165) is 22.2 Å². The van der Waals surface area contributed by atoms with Crippen LogP contribution in [0.2, 0.25) is 0 Å². The quantitative estimate of drug-likeness (QED) is 0.707. The lowest BCUT2D eigenvalue weighted by atomic mass is 10.2. The van der Waals surface area contributed by atoms with E-state index in [2.05, 4.69) is 4.98 Å². The van der Waals surface area contributed by atoms with E-state index in [9.17, 15) is 4.39 Å². The minimum Gasteiger partial charge on any atom is -0.487 e. The van der Waals surface area contributed by atoms with Gasteiger partial charge in [0.1, 0.15) is 18.2 Å². The smallest absolute Gasteiger partial charge is 0.130 e. The summed E-state index contributed by atoms with van der Waals surface area (Å²) in [5, 5.41) is 1.11. The first-order valence-corrected chi connectivity index (χ1v) is 6.46. The lowest BCUT2D eigenvalue weighted by molar-refractivity contribution is 0.299. The third-order valence-electron chi connectivity index (χ3n) is 3.17. The molecule has 1 heterocycles. The van der Waals surface area contributed by atoms with Crippen LogP contribution in [0.4, 0.5) is 4.39 Å².